The van der Waals surface area contributed by atoms with E-state index in [4.69, 9.17) is 16.6 Å². The second-order valence-electron chi connectivity index (χ2n) is 8.15. The fourth-order valence-corrected chi connectivity index (χ4v) is 4.40. The molecular formula is C21H28N6O5S2. The third-order valence-corrected chi connectivity index (χ3v) is 6.96. The molecule has 1 aliphatic heterocycles. The van der Waals surface area contributed by atoms with E-state index in [1.807, 2.05) is 13.8 Å². The van der Waals surface area contributed by atoms with Gasteiger partial charge < -0.3 is 30.8 Å². The lowest BCUT2D eigenvalue weighted by atomic mass is 9.99. The molecule has 0 spiro atoms. The zero-order valence-electron chi connectivity index (χ0n) is 19.2. The third kappa shape index (κ3) is 5.77. The lowest BCUT2D eigenvalue weighted by Crippen LogP contribution is -2.54. The average Bonchev–Trinajstić information content (AvgIpc) is 3.50. The Balaban J connectivity index is 1.97. The molecule has 0 saturated heterocycles. The fraction of sp³-hybridized carbons (Fsp3) is 0.524. The summed E-state index contributed by atoms with van der Waals surface area (Å²) in [6, 6.07) is -2.79. The number of nitrogens with one attached hydrogen (secondary N) is 4. The van der Waals surface area contributed by atoms with E-state index >= 15 is 0 Å². The first-order valence-corrected chi connectivity index (χ1v) is 12.2. The van der Waals surface area contributed by atoms with Gasteiger partial charge in [-0.25, -0.2) is 9.97 Å². The van der Waals surface area contributed by atoms with E-state index in [0.717, 1.165) is 6.42 Å². The van der Waals surface area contributed by atoms with E-state index in [2.05, 4.69) is 31.2 Å². The van der Waals surface area contributed by atoms with Gasteiger partial charge in [0.25, 0.3) is 11.8 Å². The Bertz CT molecular complexity index is 1070. The minimum atomic E-state index is -1.04. The molecule has 0 aromatic carbocycles. The average molecular weight is 509 g/mol. The Morgan fingerprint density at radius 1 is 1.09 bits per heavy atom. The summed E-state index contributed by atoms with van der Waals surface area (Å²) in [5, 5.41) is 23.2. The summed E-state index contributed by atoms with van der Waals surface area (Å²) in [5.74, 6) is -1.30. The van der Waals surface area contributed by atoms with Crippen LogP contribution in [-0.2, 0) is 4.79 Å². The van der Waals surface area contributed by atoms with Gasteiger partial charge in [0.15, 0.2) is 5.69 Å². The van der Waals surface area contributed by atoms with Crippen LogP contribution in [0.25, 0.3) is 0 Å². The monoisotopic (exact) mass is 508 g/mol. The molecule has 13 heteroatoms. The fourth-order valence-electron chi connectivity index (χ4n) is 3.22. The van der Waals surface area contributed by atoms with Gasteiger partial charge >= 0.3 is 0 Å². The number of oxazole rings is 1. The number of carbonyl (C=O) groups excluding carboxylic acids is 3. The molecule has 4 bridgehead atoms. The molecule has 5 atom stereocenters. The van der Waals surface area contributed by atoms with Crippen LogP contribution in [0.4, 0.5) is 0 Å². The number of aromatic nitrogens is 2. The van der Waals surface area contributed by atoms with Gasteiger partial charge in [0.1, 0.15) is 29.0 Å². The van der Waals surface area contributed by atoms with Gasteiger partial charge in [-0.2, -0.15) is 0 Å². The van der Waals surface area contributed by atoms with Gasteiger partial charge in [-0.15, -0.1) is 11.3 Å². The van der Waals surface area contributed by atoms with E-state index in [1.165, 1.54) is 17.6 Å². The summed E-state index contributed by atoms with van der Waals surface area (Å²) in [6.07, 6.45) is 1.93. The molecule has 3 heterocycles. The van der Waals surface area contributed by atoms with Crippen molar-refractivity contribution in [2.45, 2.75) is 58.3 Å². The van der Waals surface area contributed by atoms with Crippen molar-refractivity contribution >= 4 is 46.3 Å². The normalized spacial score (nSPS) is 25.3. The Morgan fingerprint density at radius 2 is 1.76 bits per heavy atom. The number of amides is 3. The number of carbonyl (C=O) groups is 3. The highest BCUT2D eigenvalue weighted by molar-refractivity contribution is 7.80. The molecule has 34 heavy (non-hydrogen) atoms. The number of aliphatic hydroxyl groups excluding tert-OH is 1. The lowest BCUT2D eigenvalue weighted by molar-refractivity contribution is -0.124. The van der Waals surface area contributed by atoms with Gasteiger partial charge in [-0.1, -0.05) is 32.5 Å². The van der Waals surface area contributed by atoms with Crippen molar-refractivity contribution in [3.05, 3.63) is 33.9 Å². The molecule has 184 valence electrons. The van der Waals surface area contributed by atoms with Crippen molar-refractivity contribution in [3.63, 3.8) is 0 Å². The number of thiazole rings is 1. The zero-order chi connectivity index (χ0) is 25.0. The number of fused-ring (bicyclic) bond motifs is 4. The number of hydrogen-bond acceptors (Lipinski definition) is 9. The molecule has 0 radical (unpaired) electrons. The Labute approximate surface area is 206 Å². The molecule has 1 aliphatic rings. The second-order valence-corrected chi connectivity index (χ2v) is 9.48. The number of nitrogens with zero attached hydrogens (tertiary/aromatic N) is 2. The van der Waals surface area contributed by atoms with E-state index < -0.39 is 48.5 Å². The van der Waals surface area contributed by atoms with Crippen molar-refractivity contribution < 1.29 is 23.9 Å². The zero-order valence-corrected chi connectivity index (χ0v) is 20.9. The van der Waals surface area contributed by atoms with E-state index in [9.17, 15) is 19.5 Å². The van der Waals surface area contributed by atoms with Crippen molar-refractivity contribution in [3.8, 4) is 0 Å². The summed E-state index contributed by atoms with van der Waals surface area (Å²) in [7, 11) is 0. The first-order valence-electron chi connectivity index (χ1n) is 10.9. The van der Waals surface area contributed by atoms with Gasteiger partial charge in [-0.3, -0.25) is 14.4 Å². The maximum absolute atomic E-state index is 13.0. The Kier molecular flexibility index (Phi) is 8.33. The molecule has 0 unspecified atom stereocenters. The highest BCUT2D eigenvalue weighted by Gasteiger charge is 2.30. The maximum atomic E-state index is 13.0. The van der Waals surface area contributed by atoms with Crippen LogP contribution in [0.3, 0.4) is 0 Å². The van der Waals surface area contributed by atoms with Crippen molar-refractivity contribution in [2.75, 3.05) is 6.61 Å². The van der Waals surface area contributed by atoms with Gasteiger partial charge in [0, 0.05) is 5.38 Å². The van der Waals surface area contributed by atoms with E-state index in [1.54, 1.807) is 19.2 Å². The van der Waals surface area contributed by atoms with Crippen LogP contribution in [-0.4, -0.2) is 56.5 Å². The van der Waals surface area contributed by atoms with Crippen molar-refractivity contribution in [1.82, 2.24) is 31.2 Å². The van der Waals surface area contributed by atoms with Crippen molar-refractivity contribution in [2.24, 2.45) is 5.92 Å². The topological polar surface area (TPSA) is 158 Å². The van der Waals surface area contributed by atoms with Crippen LogP contribution in [0, 0.1) is 5.92 Å². The Morgan fingerprint density at radius 3 is 2.44 bits per heavy atom. The predicted molar refractivity (Wildman–Crippen MR) is 128 cm³/mol. The minimum absolute atomic E-state index is 0.00535. The van der Waals surface area contributed by atoms with Gasteiger partial charge in [0.05, 0.1) is 23.7 Å². The predicted octanol–water partition coefficient (Wildman–Crippen LogP) is 1.24. The summed E-state index contributed by atoms with van der Waals surface area (Å²) in [6.45, 7) is 6.74. The first-order chi connectivity index (χ1) is 16.1. The van der Waals surface area contributed by atoms with Gasteiger partial charge in [-0.05, 0) is 19.8 Å². The molecule has 11 nitrogen and oxygen atoms in total. The molecule has 3 amide bonds. The molecular weight excluding hydrogens is 480 g/mol. The summed E-state index contributed by atoms with van der Waals surface area (Å²) >= 11 is 6.60. The van der Waals surface area contributed by atoms with Crippen LogP contribution in [0.5, 0.6) is 0 Å². The highest BCUT2D eigenvalue weighted by atomic mass is 32.1. The summed E-state index contributed by atoms with van der Waals surface area (Å²) < 4.78 is 5.38. The SMILES string of the molecule is CC[C@H](C)[C@H]1NC(=O)[C@@H](CO)NC(=S)[C@@H](C)NC(=O)c2coc(n2)[C@H](C)NC(=O)c2csc1n2. The molecule has 3 rings (SSSR count). The summed E-state index contributed by atoms with van der Waals surface area (Å²) in [5.41, 5.74) is 0.197. The molecule has 5 N–H and O–H groups in total. The molecule has 0 fully saturated rings. The highest BCUT2D eigenvalue weighted by Crippen LogP contribution is 2.28. The number of hydrogen-bond donors (Lipinski definition) is 5. The molecule has 0 saturated carbocycles. The number of rotatable bonds is 3. The smallest absolute Gasteiger partial charge is 0.273 e. The van der Waals surface area contributed by atoms with Gasteiger partial charge in [0.2, 0.25) is 11.8 Å². The van der Waals surface area contributed by atoms with Crippen LogP contribution in [0.1, 0.15) is 78.1 Å². The van der Waals surface area contributed by atoms with Crippen LogP contribution in [0.2, 0.25) is 0 Å². The van der Waals surface area contributed by atoms with Crippen molar-refractivity contribution in [1.29, 1.82) is 0 Å². The first kappa shape index (κ1) is 25.7. The number of aliphatic hydroxyl groups is 1. The van der Waals surface area contributed by atoms with E-state index in [0.29, 0.717) is 5.01 Å². The number of thiocarbonyl (C=S) groups is 1. The standard InChI is InChI=1S/C21H28N6O5S2/c1-5-9(2)15-21-26-14(8-34-21)18(31)22-10(3)19-24-13(7-32-19)17(30)23-11(4)20(33)25-12(6-28)16(29)27-15/h7-12,15,28H,5-6H2,1-4H3,(H,22,31)(H,23,30)(H,25,33)(H,27,29)/t9-,10-,11+,12+,15+/m0/s1. The van der Waals surface area contributed by atoms with Crippen LogP contribution >= 0.6 is 23.6 Å². The quantitative estimate of drug-likeness (QED) is 0.385. The Hall–Kier alpha value is -2.90. The molecule has 2 aromatic heterocycles. The van der Waals surface area contributed by atoms with Crippen LogP contribution < -0.4 is 21.3 Å². The van der Waals surface area contributed by atoms with Crippen LogP contribution in [0.15, 0.2) is 16.1 Å². The summed E-state index contributed by atoms with van der Waals surface area (Å²) in [4.78, 5) is 47.1. The lowest BCUT2D eigenvalue weighted by Gasteiger charge is -2.26. The minimum Gasteiger partial charge on any atom is -0.446 e. The van der Waals surface area contributed by atoms with E-state index in [-0.39, 0.29) is 28.2 Å². The molecule has 0 aliphatic carbocycles. The largest absolute Gasteiger partial charge is 0.446 e. The maximum Gasteiger partial charge on any atom is 0.273 e. The molecule has 2 aromatic rings. The third-order valence-electron chi connectivity index (χ3n) is 5.56. The second kappa shape index (κ2) is 11.0.